The molecule has 8 unspecified atom stereocenters. The fourth-order valence-corrected chi connectivity index (χ4v) is 6.79. The van der Waals surface area contributed by atoms with Crippen LogP contribution in [0.1, 0.15) is 52.9 Å². The lowest BCUT2D eigenvalue weighted by atomic mass is 9.62. The van der Waals surface area contributed by atoms with Gasteiger partial charge in [0, 0.05) is 16.9 Å². The zero-order valence-corrected chi connectivity index (χ0v) is 14.9. The Morgan fingerprint density at radius 1 is 1.46 bits per heavy atom. The van der Waals surface area contributed by atoms with Gasteiger partial charge in [-0.3, -0.25) is 4.79 Å². The molecule has 1 spiro atoms. The first-order chi connectivity index (χ1) is 11.5. The molecule has 2 aliphatic heterocycles. The molecule has 3 bridgehead atoms. The van der Waals surface area contributed by atoms with Crippen molar-refractivity contribution in [3.8, 4) is 0 Å². The van der Waals surface area contributed by atoms with Crippen molar-refractivity contribution in [3.05, 3.63) is 11.8 Å². The molecule has 0 amide bonds. The molecule has 4 heteroatoms. The third-order valence-corrected chi connectivity index (χ3v) is 8.25. The van der Waals surface area contributed by atoms with Crippen LogP contribution in [0.15, 0.2) is 11.8 Å². The predicted molar refractivity (Wildman–Crippen MR) is 87.7 cm³/mol. The number of rotatable bonds is 3. The second-order valence-corrected chi connectivity index (χ2v) is 9.04. The Kier molecular flexibility index (Phi) is 3.03. The van der Waals surface area contributed by atoms with Gasteiger partial charge >= 0.3 is 5.97 Å². The lowest BCUT2D eigenvalue weighted by Gasteiger charge is -2.49. The summed E-state index contributed by atoms with van der Waals surface area (Å²) in [6.45, 7) is 7.28. The first-order valence-electron chi connectivity index (χ1n) is 9.68. The van der Waals surface area contributed by atoms with Crippen molar-refractivity contribution in [2.45, 2.75) is 65.3 Å². The maximum Gasteiger partial charge on any atom is 0.311 e. The zero-order chi connectivity index (χ0) is 16.7. The molecule has 8 atom stereocenters. The van der Waals surface area contributed by atoms with E-state index < -0.39 is 6.29 Å². The van der Waals surface area contributed by atoms with Gasteiger partial charge < -0.3 is 14.2 Å². The fourth-order valence-electron chi connectivity index (χ4n) is 6.79. The van der Waals surface area contributed by atoms with Crippen LogP contribution in [0.2, 0.25) is 0 Å². The SMILES string of the molecule is CCC(C)C(=O)OC1OC=C2C3CC4CC25C1CCC5C4(C)CO3. The van der Waals surface area contributed by atoms with Gasteiger partial charge in [0.1, 0.15) is 0 Å². The second-order valence-electron chi connectivity index (χ2n) is 9.04. The predicted octanol–water partition coefficient (Wildman–Crippen LogP) is 3.66. The quantitative estimate of drug-likeness (QED) is 0.740. The summed E-state index contributed by atoms with van der Waals surface area (Å²) in [4.78, 5) is 12.3. The standard InChI is InChI=1S/C20H28O4/c1-4-11(2)17(21)24-18-13-5-6-16-19(3)10-23-15-7-12(19)8-20(13,16)14(15)9-22-18/h9,11-13,15-16,18H,4-8,10H2,1-3H3. The minimum Gasteiger partial charge on any atom is -0.462 e. The number of hydrogen-bond donors (Lipinski definition) is 0. The van der Waals surface area contributed by atoms with Crippen LogP contribution in [0.25, 0.3) is 0 Å². The maximum absolute atomic E-state index is 12.3. The van der Waals surface area contributed by atoms with Gasteiger partial charge in [0.25, 0.3) is 0 Å². The lowest BCUT2D eigenvalue weighted by Crippen LogP contribution is -2.48. The average Bonchev–Trinajstić information content (AvgIpc) is 3.02. The largest absolute Gasteiger partial charge is 0.462 e. The van der Waals surface area contributed by atoms with Crippen LogP contribution in [0, 0.1) is 34.5 Å². The van der Waals surface area contributed by atoms with E-state index in [2.05, 4.69) is 6.92 Å². The van der Waals surface area contributed by atoms with E-state index in [0.29, 0.717) is 17.3 Å². The Bertz CT molecular complexity index is 613. The minimum atomic E-state index is -0.403. The molecular formula is C20H28O4. The topological polar surface area (TPSA) is 44.8 Å². The molecule has 4 nitrogen and oxygen atoms in total. The molecule has 1 saturated heterocycles. The summed E-state index contributed by atoms with van der Waals surface area (Å²) in [6.07, 6.45) is 7.26. The average molecular weight is 332 g/mol. The van der Waals surface area contributed by atoms with Crippen molar-refractivity contribution in [1.82, 2.24) is 0 Å². The van der Waals surface area contributed by atoms with Gasteiger partial charge in [0.2, 0.25) is 6.29 Å². The summed E-state index contributed by atoms with van der Waals surface area (Å²) in [5, 5.41) is 0. The number of hydrogen-bond acceptors (Lipinski definition) is 4. The number of carbonyl (C=O) groups is 1. The van der Waals surface area contributed by atoms with Crippen LogP contribution in [-0.4, -0.2) is 25.0 Å². The van der Waals surface area contributed by atoms with Crippen LogP contribution in [0.5, 0.6) is 0 Å². The molecule has 0 aromatic rings. The van der Waals surface area contributed by atoms with Crippen LogP contribution < -0.4 is 0 Å². The van der Waals surface area contributed by atoms with E-state index in [0.717, 1.165) is 31.8 Å². The number of esters is 1. The highest BCUT2D eigenvalue weighted by molar-refractivity contribution is 5.72. The second kappa shape index (κ2) is 4.78. The summed E-state index contributed by atoms with van der Waals surface area (Å²) >= 11 is 0. The smallest absolute Gasteiger partial charge is 0.311 e. The Balaban J connectivity index is 1.52. The van der Waals surface area contributed by atoms with Crippen LogP contribution >= 0.6 is 0 Å². The summed E-state index contributed by atoms with van der Waals surface area (Å²) < 4.78 is 18.1. The van der Waals surface area contributed by atoms with Crippen molar-refractivity contribution in [2.75, 3.05) is 6.61 Å². The highest BCUT2D eigenvalue weighted by Gasteiger charge is 2.74. The van der Waals surface area contributed by atoms with Crippen molar-refractivity contribution in [2.24, 2.45) is 34.5 Å². The molecule has 24 heavy (non-hydrogen) atoms. The van der Waals surface area contributed by atoms with E-state index in [1.165, 1.54) is 18.4 Å². The third kappa shape index (κ3) is 1.61. The normalized spacial score (nSPS) is 51.6. The van der Waals surface area contributed by atoms with E-state index in [1.54, 1.807) is 0 Å². The summed E-state index contributed by atoms with van der Waals surface area (Å²) in [5.41, 5.74) is 1.84. The van der Waals surface area contributed by atoms with Gasteiger partial charge in [-0.2, -0.15) is 0 Å². The third-order valence-electron chi connectivity index (χ3n) is 8.25. The molecule has 132 valence electrons. The van der Waals surface area contributed by atoms with Gasteiger partial charge in [0.05, 0.1) is 24.9 Å². The summed E-state index contributed by atoms with van der Waals surface area (Å²) in [6, 6.07) is 0. The van der Waals surface area contributed by atoms with Crippen molar-refractivity contribution < 1.29 is 19.0 Å². The Hall–Kier alpha value is -1.03. The van der Waals surface area contributed by atoms with E-state index in [1.807, 2.05) is 20.1 Å². The molecule has 0 N–H and O–H groups in total. The highest BCUT2D eigenvalue weighted by atomic mass is 16.7. The Morgan fingerprint density at radius 3 is 3.08 bits per heavy atom. The van der Waals surface area contributed by atoms with Crippen LogP contribution in [-0.2, 0) is 19.0 Å². The van der Waals surface area contributed by atoms with Gasteiger partial charge in [-0.05, 0) is 49.4 Å². The van der Waals surface area contributed by atoms with E-state index in [-0.39, 0.29) is 23.4 Å². The molecule has 0 aromatic heterocycles. The molecule has 3 aliphatic carbocycles. The van der Waals surface area contributed by atoms with Gasteiger partial charge in [-0.15, -0.1) is 0 Å². The maximum atomic E-state index is 12.3. The minimum absolute atomic E-state index is 0.0617. The molecular weight excluding hydrogens is 304 g/mol. The van der Waals surface area contributed by atoms with Crippen molar-refractivity contribution >= 4 is 5.97 Å². The monoisotopic (exact) mass is 332 g/mol. The van der Waals surface area contributed by atoms with Crippen LogP contribution in [0.3, 0.4) is 0 Å². The Morgan fingerprint density at radius 2 is 2.29 bits per heavy atom. The molecule has 5 aliphatic rings. The first-order valence-corrected chi connectivity index (χ1v) is 9.68. The van der Waals surface area contributed by atoms with Gasteiger partial charge in [0.15, 0.2) is 0 Å². The molecule has 4 fully saturated rings. The zero-order valence-electron chi connectivity index (χ0n) is 14.9. The van der Waals surface area contributed by atoms with Crippen molar-refractivity contribution in [1.29, 1.82) is 0 Å². The molecule has 5 rings (SSSR count). The van der Waals surface area contributed by atoms with Gasteiger partial charge in [-0.1, -0.05) is 20.8 Å². The first kappa shape index (κ1) is 15.2. The molecule has 2 heterocycles. The van der Waals surface area contributed by atoms with E-state index >= 15 is 0 Å². The lowest BCUT2D eigenvalue weighted by molar-refractivity contribution is -0.198. The summed E-state index contributed by atoms with van der Waals surface area (Å²) in [5.74, 6) is 1.55. The van der Waals surface area contributed by atoms with E-state index in [9.17, 15) is 4.79 Å². The van der Waals surface area contributed by atoms with Crippen LogP contribution in [0.4, 0.5) is 0 Å². The van der Waals surface area contributed by atoms with Crippen molar-refractivity contribution in [3.63, 3.8) is 0 Å². The Labute approximate surface area is 143 Å². The number of ether oxygens (including phenoxy) is 3. The fraction of sp³-hybridized carbons (Fsp3) is 0.850. The van der Waals surface area contributed by atoms with Gasteiger partial charge in [-0.25, -0.2) is 0 Å². The highest BCUT2D eigenvalue weighted by Crippen LogP contribution is 2.76. The molecule has 3 saturated carbocycles. The molecule has 0 aromatic carbocycles. The number of fused-ring (bicyclic) bond motifs is 3. The van der Waals surface area contributed by atoms with E-state index in [4.69, 9.17) is 14.2 Å². The summed E-state index contributed by atoms with van der Waals surface area (Å²) in [7, 11) is 0. The molecule has 0 radical (unpaired) electrons. The number of carbonyl (C=O) groups excluding carboxylic acids is 1.